The lowest BCUT2D eigenvalue weighted by Crippen LogP contribution is -2.43. The molecule has 5 atom stereocenters. The Morgan fingerprint density at radius 2 is 1.95 bits per heavy atom. The SMILES string of the molecule is C.C[C@]12CC[C@@H]3c4ccc(O)cc4CC[C@H]3[C@@H]1CCC2O. The zero-order valence-electron chi connectivity index (χ0n) is 12.2. The summed E-state index contributed by atoms with van der Waals surface area (Å²) in [5.74, 6) is 2.49. The predicted molar refractivity (Wildman–Crippen MR) is 85.5 cm³/mol. The Kier molecular flexibility index (Phi) is 3.56. The molecule has 0 heterocycles. The Balaban J connectivity index is 0.00000132. The molecular formula is C19H28O2. The molecule has 116 valence electrons. The normalized spacial score (nSPS) is 40.7. The Hall–Kier alpha value is -1.02. The second kappa shape index (κ2) is 5.01. The molecular weight excluding hydrogens is 260 g/mol. The quantitative estimate of drug-likeness (QED) is 0.749. The zero-order valence-corrected chi connectivity index (χ0v) is 12.2. The number of aliphatic hydroxyl groups is 1. The third-order valence-corrected chi connectivity index (χ3v) is 6.66. The van der Waals surface area contributed by atoms with Crippen molar-refractivity contribution in [3.8, 4) is 5.75 Å². The van der Waals surface area contributed by atoms with Crippen LogP contribution in [0.4, 0.5) is 0 Å². The van der Waals surface area contributed by atoms with Crippen molar-refractivity contribution >= 4 is 0 Å². The van der Waals surface area contributed by atoms with Crippen LogP contribution in [0.3, 0.4) is 0 Å². The number of phenolic OH excluding ortho intramolecular Hbond substituents is 1. The molecule has 21 heavy (non-hydrogen) atoms. The highest BCUT2D eigenvalue weighted by molar-refractivity contribution is 5.40. The molecule has 0 amide bonds. The summed E-state index contributed by atoms with van der Waals surface area (Å²) in [6, 6.07) is 5.96. The summed E-state index contributed by atoms with van der Waals surface area (Å²) >= 11 is 0. The highest BCUT2D eigenvalue weighted by atomic mass is 16.3. The van der Waals surface area contributed by atoms with Gasteiger partial charge in [-0.05, 0) is 85.0 Å². The Morgan fingerprint density at radius 1 is 1.14 bits per heavy atom. The van der Waals surface area contributed by atoms with Crippen LogP contribution in [-0.4, -0.2) is 16.3 Å². The average molecular weight is 288 g/mol. The van der Waals surface area contributed by atoms with Gasteiger partial charge in [0.25, 0.3) is 0 Å². The highest BCUT2D eigenvalue weighted by Crippen LogP contribution is 2.60. The molecule has 2 N–H and O–H groups in total. The van der Waals surface area contributed by atoms with Gasteiger partial charge in [0.2, 0.25) is 0 Å². The first-order chi connectivity index (χ1) is 9.59. The Morgan fingerprint density at radius 3 is 2.76 bits per heavy atom. The molecule has 4 rings (SSSR count). The highest BCUT2D eigenvalue weighted by Gasteiger charge is 2.54. The number of aliphatic hydroxyl groups excluding tert-OH is 1. The van der Waals surface area contributed by atoms with Crippen molar-refractivity contribution in [3.63, 3.8) is 0 Å². The number of rotatable bonds is 0. The molecule has 0 radical (unpaired) electrons. The largest absolute Gasteiger partial charge is 0.508 e. The molecule has 0 saturated heterocycles. The van der Waals surface area contributed by atoms with Crippen LogP contribution in [-0.2, 0) is 6.42 Å². The van der Waals surface area contributed by atoms with E-state index in [-0.39, 0.29) is 18.9 Å². The minimum absolute atomic E-state index is 0. The Labute approximate surface area is 128 Å². The van der Waals surface area contributed by atoms with E-state index in [1.807, 2.05) is 12.1 Å². The molecule has 1 unspecified atom stereocenters. The van der Waals surface area contributed by atoms with Crippen molar-refractivity contribution in [2.24, 2.45) is 17.3 Å². The molecule has 2 nitrogen and oxygen atoms in total. The van der Waals surface area contributed by atoms with Crippen LogP contribution < -0.4 is 0 Å². The molecule has 0 bridgehead atoms. The lowest BCUT2D eigenvalue weighted by atomic mass is 9.55. The van der Waals surface area contributed by atoms with E-state index in [1.54, 1.807) is 0 Å². The standard InChI is InChI=1S/C18H24O2.CH4/c1-18-9-8-14-13-5-3-12(19)10-11(13)2-4-15(14)16(18)6-7-17(18)20;/h3,5,10,14-17,19-20H,2,4,6-9H2,1H3;1H4/t14-,15-,16+,17?,18+;/m1./s1. The van der Waals surface area contributed by atoms with E-state index in [4.69, 9.17) is 0 Å². The van der Waals surface area contributed by atoms with Crippen molar-refractivity contribution in [1.29, 1.82) is 0 Å². The smallest absolute Gasteiger partial charge is 0.115 e. The number of aryl methyl sites for hydroxylation is 1. The first-order valence-electron chi connectivity index (χ1n) is 8.09. The summed E-state index contributed by atoms with van der Waals surface area (Å²) < 4.78 is 0. The van der Waals surface area contributed by atoms with Gasteiger partial charge in [-0.3, -0.25) is 0 Å². The van der Waals surface area contributed by atoms with Gasteiger partial charge in [-0.15, -0.1) is 0 Å². The van der Waals surface area contributed by atoms with E-state index >= 15 is 0 Å². The van der Waals surface area contributed by atoms with Crippen LogP contribution in [0.25, 0.3) is 0 Å². The summed E-state index contributed by atoms with van der Waals surface area (Å²) in [5, 5.41) is 20.0. The molecule has 2 saturated carbocycles. The fourth-order valence-corrected chi connectivity index (χ4v) is 5.54. The van der Waals surface area contributed by atoms with Gasteiger partial charge in [0, 0.05) is 0 Å². The lowest BCUT2D eigenvalue weighted by Gasteiger charge is -2.50. The van der Waals surface area contributed by atoms with Crippen LogP contribution in [0.5, 0.6) is 5.75 Å². The first kappa shape index (κ1) is 14.9. The average Bonchev–Trinajstić information content (AvgIpc) is 2.74. The topological polar surface area (TPSA) is 40.5 Å². The number of fused-ring (bicyclic) bond motifs is 5. The number of phenols is 1. The summed E-state index contributed by atoms with van der Waals surface area (Å²) in [4.78, 5) is 0. The number of hydrogen-bond donors (Lipinski definition) is 2. The van der Waals surface area contributed by atoms with Crippen molar-refractivity contribution in [2.45, 2.75) is 64.9 Å². The number of benzene rings is 1. The van der Waals surface area contributed by atoms with Crippen LogP contribution in [0, 0.1) is 17.3 Å². The van der Waals surface area contributed by atoms with Crippen molar-refractivity contribution in [3.05, 3.63) is 29.3 Å². The van der Waals surface area contributed by atoms with Gasteiger partial charge in [0.15, 0.2) is 0 Å². The van der Waals surface area contributed by atoms with Crippen LogP contribution in [0.2, 0.25) is 0 Å². The molecule has 2 heteroatoms. The fourth-order valence-electron chi connectivity index (χ4n) is 5.54. The van der Waals surface area contributed by atoms with Gasteiger partial charge >= 0.3 is 0 Å². The van der Waals surface area contributed by atoms with Gasteiger partial charge in [-0.25, -0.2) is 0 Å². The predicted octanol–water partition coefficient (Wildman–Crippen LogP) is 4.25. The third-order valence-electron chi connectivity index (χ3n) is 6.66. The third kappa shape index (κ3) is 2.03. The van der Waals surface area contributed by atoms with Crippen LogP contribution in [0.1, 0.15) is 63.5 Å². The van der Waals surface area contributed by atoms with Crippen LogP contribution >= 0.6 is 0 Å². The molecule has 3 aliphatic rings. The monoisotopic (exact) mass is 288 g/mol. The maximum Gasteiger partial charge on any atom is 0.115 e. The molecule has 3 aliphatic carbocycles. The van der Waals surface area contributed by atoms with Gasteiger partial charge in [-0.2, -0.15) is 0 Å². The molecule has 0 spiro atoms. The fraction of sp³-hybridized carbons (Fsp3) is 0.684. The molecule has 1 aromatic rings. The van der Waals surface area contributed by atoms with E-state index < -0.39 is 0 Å². The number of hydrogen-bond acceptors (Lipinski definition) is 2. The van der Waals surface area contributed by atoms with Gasteiger partial charge < -0.3 is 10.2 Å². The second-order valence-corrected chi connectivity index (χ2v) is 7.44. The van der Waals surface area contributed by atoms with Crippen molar-refractivity contribution < 1.29 is 10.2 Å². The van der Waals surface area contributed by atoms with E-state index in [9.17, 15) is 10.2 Å². The van der Waals surface area contributed by atoms with Crippen LogP contribution in [0.15, 0.2) is 18.2 Å². The van der Waals surface area contributed by atoms with E-state index in [1.165, 1.54) is 30.4 Å². The number of aromatic hydroxyl groups is 1. The first-order valence-corrected chi connectivity index (χ1v) is 8.09. The van der Waals surface area contributed by atoms with E-state index in [0.29, 0.717) is 17.6 Å². The van der Waals surface area contributed by atoms with E-state index in [2.05, 4.69) is 13.0 Å². The van der Waals surface area contributed by atoms with Gasteiger partial charge in [-0.1, -0.05) is 20.4 Å². The zero-order chi connectivity index (χ0) is 13.9. The van der Waals surface area contributed by atoms with Crippen molar-refractivity contribution in [1.82, 2.24) is 0 Å². The lowest BCUT2D eigenvalue weighted by molar-refractivity contribution is -0.0226. The van der Waals surface area contributed by atoms with Gasteiger partial charge in [0.05, 0.1) is 6.10 Å². The second-order valence-electron chi connectivity index (χ2n) is 7.44. The minimum Gasteiger partial charge on any atom is -0.508 e. The summed E-state index contributed by atoms with van der Waals surface area (Å²) in [6.45, 7) is 2.32. The molecule has 1 aromatic carbocycles. The Bertz CT molecular complexity index is 538. The molecule has 0 aliphatic heterocycles. The summed E-state index contributed by atoms with van der Waals surface area (Å²) in [6.07, 6.45) is 6.78. The molecule has 0 aromatic heterocycles. The molecule has 2 fully saturated rings. The summed E-state index contributed by atoms with van der Waals surface area (Å²) in [5.41, 5.74) is 2.99. The van der Waals surface area contributed by atoms with Crippen molar-refractivity contribution in [2.75, 3.05) is 0 Å². The van der Waals surface area contributed by atoms with Gasteiger partial charge in [0.1, 0.15) is 5.75 Å². The minimum atomic E-state index is -0.0883. The van der Waals surface area contributed by atoms with E-state index in [0.717, 1.165) is 25.2 Å². The maximum absolute atomic E-state index is 10.4. The summed E-state index contributed by atoms with van der Waals surface area (Å²) in [7, 11) is 0. The maximum atomic E-state index is 10.4.